The smallest absolute Gasteiger partial charge is 0.304 e. The second-order valence-electron chi connectivity index (χ2n) is 5.49. The Balaban J connectivity index is 0.00000139. The summed E-state index contributed by atoms with van der Waals surface area (Å²) >= 11 is 0. The number of hydrogen-bond donors (Lipinski definition) is 1. The molecule has 0 aliphatic heterocycles. The zero-order chi connectivity index (χ0) is 17.9. The molecule has 132 valence electrons. The van der Waals surface area contributed by atoms with Gasteiger partial charge in [0.2, 0.25) is 0 Å². The first kappa shape index (κ1) is 19.8. The van der Waals surface area contributed by atoms with Gasteiger partial charge in [-0.3, -0.25) is 4.79 Å². The average molecular weight is 332 g/mol. The summed E-state index contributed by atoms with van der Waals surface area (Å²) in [6.45, 7) is 7.80. The molecular weight excluding hydrogens is 304 g/mol. The molecule has 1 heterocycles. The van der Waals surface area contributed by atoms with E-state index in [2.05, 4.69) is 21.9 Å². The van der Waals surface area contributed by atoms with Crippen LogP contribution in [0.3, 0.4) is 0 Å². The lowest BCUT2D eigenvalue weighted by Gasteiger charge is -2.23. The first-order valence-electron chi connectivity index (χ1n) is 8.45. The minimum atomic E-state index is -0.777. The van der Waals surface area contributed by atoms with Crippen LogP contribution in [0, 0.1) is 0 Å². The fourth-order valence-electron chi connectivity index (χ4n) is 2.61. The van der Waals surface area contributed by atoms with Crippen molar-refractivity contribution < 1.29 is 9.90 Å². The number of carbonyl (C=O) groups is 1. The van der Waals surface area contributed by atoms with E-state index in [1.165, 1.54) is 6.33 Å². The highest BCUT2D eigenvalue weighted by Gasteiger charge is 2.18. The Labute approximate surface area is 144 Å². The van der Waals surface area contributed by atoms with Crippen molar-refractivity contribution in [2.75, 3.05) is 20.1 Å². The lowest BCUT2D eigenvalue weighted by Crippen LogP contribution is -2.26. The maximum absolute atomic E-state index is 11.2. The van der Waals surface area contributed by atoms with Gasteiger partial charge in [0.1, 0.15) is 12.7 Å². The molecule has 2 aromatic rings. The summed E-state index contributed by atoms with van der Waals surface area (Å²) < 4.78 is 1.68. The van der Waals surface area contributed by atoms with E-state index in [0.29, 0.717) is 0 Å². The first-order chi connectivity index (χ1) is 11.6. The van der Waals surface area contributed by atoms with Gasteiger partial charge in [-0.25, -0.2) is 9.67 Å². The molecule has 0 bridgehead atoms. The zero-order valence-electron chi connectivity index (χ0n) is 15.0. The highest BCUT2D eigenvalue weighted by Crippen LogP contribution is 2.23. The third kappa shape index (κ3) is 6.12. The van der Waals surface area contributed by atoms with Crippen molar-refractivity contribution in [1.82, 2.24) is 19.7 Å². The van der Waals surface area contributed by atoms with Gasteiger partial charge in [0.15, 0.2) is 0 Å². The number of rotatable bonds is 8. The molecular formula is C18H28N4O2. The molecule has 0 aliphatic rings. The molecule has 0 radical (unpaired) electrons. The van der Waals surface area contributed by atoms with Gasteiger partial charge in [-0.2, -0.15) is 5.10 Å². The number of carboxylic acids is 1. The van der Waals surface area contributed by atoms with E-state index in [1.807, 2.05) is 45.2 Å². The number of likely N-dealkylation sites (N-methyl/N-ethyl adjacent to an activating group) is 1. The van der Waals surface area contributed by atoms with Crippen LogP contribution in [0.5, 0.6) is 0 Å². The van der Waals surface area contributed by atoms with Gasteiger partial charge in [0.05, 0.1) is 12.1 Å². The molecule has 6 heteroatoms. The van der Waals surface area contributed by atoms with Crippen LogP contribution in [0.15, 0.2) is 36.9 Å². The normalized spacial score (nSPS) is 11.7. The summed E-state index contributed by atoms with van der Waals surface area (Å²) in [6, 6.07) is 7.84. The van der Waals surface area contributed by atoms with E-state index in [-0.39, 0.29) is 12.3 Å². The Bertz CT molecular complexity index is 599. The molecule has 0 saturated heterocycles. The molecule has 0 spiro atoms. The lowest BCUT2D eigenvalue weighted by atomic mass is 9.94. The van der Waals surface area contributed by atoms with Gasteiger partial charge in [-0.15, -0.1) is 0 Å². The molecule has 1 N–H and O–H groups in total. The third-order valence-corrected chi connectivity index (χ3v) is 3.58. The summed E-state index contributed by atoms with van der Waals surface area (Å²) in [6.07, 6.45) is 4.29. The van der Waals surface area contributed by atoms with Gasteiger partial charge >= 0.3 is 5.97 Å². The van der Waals surface area contributed by atoms with Crippen LogP contribution < -0.4 is 0 Å². The van der Waals surface area contributed by atoms with E-state index in [0.717, 1.165) is 30.8 Å². The van der Waals surface area contributed by atoms with E-state index < -0.39 is 5.97 Å². The second kappa shape index (κ2) is 10.5. The third-order valence-electron chi connectivity index (χ3n) is 3.58. The Hall–Kier alpha value is -2.21. The Morgan fingerprint density at radius 2 is 2.12 bits per heavy atom. The molecule has 0 amide bonds. The van der Waals surface area contributed by atoms with Gasteiger partial charge < -0.3 is 10.0 Å². The highest BCUT2D eigenvalue weighted by atomic mass is 16.4. The molecule has 1 aromatic carbocycles. The van der Waals surface area contributed by atoms with E-state index >= 15 is 0 Å². The summed E-state index contributed by atoms with van der Waals surface area (Å²) in [5.41, 5.74) is 1.90. The van der Waals surface area contributed by atoms with Crippen molar-refractivity contribution in [1.29, 1.82) is 0 Å². The molecule has 0 saturated carbocycles. The molecule has 24 heavy (non-hydrogen) atoms. The molecule has 0 fully saturated rings. The van der Waals surface area contributed by atoms with Crippen molar-refractivity contribution in [2.45, 2.75) is 39.5 Å². The fraction of sp³-hybridized carbons (Fsp3) is 0.500. The Morgan fingerprint density at radius 3 is 2.71 bits per heavy atom. The number of hydrogen-bond acceptors (Lipinski definition) is 4. The van der Waals surface area contributed by atoms with E-state index in [4.69, 9.17) is 0 Å². The quantitative estimate of drug-likeness (QED) is 0.804. The minimum Gasteiger partial charge on any atom is -0.481 e. The molecule has 1 atom stereocenters. The van der Waals surface area contributed by atoms with Crippen LogP contribution in [-0.2, 0) is 4.79 Å². The summed E-state index contributed by atoms with van der Waals surface area (Å²) in [5, 5.41) is 13.3. The molecule has 6 nitrogen and oxygen atoms in total. The largest absolute Gasteiger partial charge is 0.481 e. The number of benzene rings is 1. The first-order valence-corrected chi connectivity index (χ1v) is 8.45. The van der Waals surface area contributed by atoms with Crippen molar-refractivity contribution >= 4 is 5.97 Å². The predicted molar refractivity (Wildman–Crippen MR) is 95.5 cm³/mol. The van der Waals surface area contributed by atoms with Crippen molar-refractivity contribution in [3.05, 3.63) is 42.5 Å². The van der Waals surface area contributed by atoms with Gasteiger partial charge in [0, 0.05) is 12.5 Å². The van der Waals surface area contributed by atoms with Crippen molar-refractivity contribution in [2.24, 2.45) is 0 Å². The van der Waals surface area contributed by atoms with Crippen molar-refractivity contribution in [3.63, 3.8) is 0 Å². The fourth-order valence-corrected chi connectivity index (χ4v) is 2.61. The van der Waals surface area contributed by atoms with Gasteiger partial charge in [-0.1, -0.05) is 32.9 Å². The summed E-state index contributed by atoms with van der Waals surface area (Å²) in [5.74, 6) is -0.821. The van der Waals surface area contributed by atoms with Crippen LogP contribution >= 0.6 is 0 Å². The number of aliphatic carboxylic acids is 1. The van der Waals surface area contributed by atoms with Crippen LogP contribution in [-0.4, -0.2) is 50.9 Å². The topological polar surface area (TPSA) is 71.2 Å². The maximum atomic E-state index is 11.2. The van der Waals surface area contributed by atoms with Crippen LogP contribution in [0.4, 0.5) is 0 Å². The lowest BCUT2D eigenvalue weighted by molar-refractivity contribution is -0.137. The van der Waals surface area contributed by atoms with Gasteiger partial charge in [-0.05, 0) is 37.7 Å². The monoisotopic (exact) mass is 332 g/mol. The van der Waals surface area contributed by atoms with Crippen LogP contribution in [0.2, 0.25) is 0 Å². The number of carboxylic acid groups (broad SMARTS) is 1. The van der Waals surface area contributed by atoms with Crippen LogP contribution in [0.25, 0.3) is 5.69 Å². The van der Waals surface area contributed by atoms with Crippen molar-refractivity contribution in [3.8, 4) is 5.69 Å². The molecule has 0 unspecified atom stereocenters. The summed E-state index contributed by atoms with van der Waals surface area (Å²) in [4.78, 5) is 17.3. The summed E-state index contributed by atoms with van der Waals surface area (Å²) in [7, 11) is 2.03. The van der Waals surface area contributed by atoms with Crippen LogP contribution in [0.1, 0.15) is 45.1 Å². The second-order valence-corrected chi connectivity index (χ2v) is 5.49. The average Bonchev–Trinajstić information content (AvgIpc) is 3.11. The predicted octanol–water partition coefficient (Wildman–Crippen LogP) is 3.19. The minimum absolute atomic E-state index is 0.0440. The molecule has 1 aromatic heterocycles. The standard InChI is InChI=1S/C16H22N4O2.C2H6/c1-3-7-19(2)10-14(9-16(21)22)13-5-4-6-15(8-13)20-12-17-11-18-20;1-2/h4-6,8,11-12,14H,3,7,9-10H2,1-2H3,(H,21,22);1-2H3/t14-;/m1./s1. The van der Waals surface area contributed by atoms with E-state index in [1.54, 1.807) is 11.0 Å². The molecule has 2 rings (SSSR count). The van der Waals surface area contributed by atoms with E-state index in [9.17, 15) is 9.90 Å². The number of nitrogens with zero attached hydrogens (tertiary/aromatic N) is 4. The number of aromatic nitrogens is 3. The van der Waals surface area contributed by atoms with Gasteiger partial charge in [0.25, 0.3) is 0 Å². The maximum Gasteiger partial charge on any atom is 0.304 e. The Kier molecular flexibility index (Phi) is 8.71. The SMILES string of the molecule is CC.CCCN(C)C[C@@H](CC(=O)O)c1cccc(-n2cncn2)c1. The highest BCUT2D eigenvalue weighted by molar-refractivity contribution is 5.68. The zero-order valence-corrected chi connectivity index (χ0v) is 15.0. The Morgan fingerprint density at radius 1 is 1.38 bits per heavy atom. The molecule has 0 aliphatic carbocycles.